The lowest BCUT2D eigenvalue weighted by Gasteiger charge is -2.33. The van der Waals surface area contributed by atoms with Crippen LogP contribution in [0.1, 0.15) is 32.8 Å². The van der Waals surface area contributed by atoms with Crippen molar-refractivity contribution in [2.45, 2.75) is 45.4 Å². The molecule has 5 nitrogen and oxygen atoms in total. The van der Waals surface area contributed by atoms with Crippen LogP contribution >= 0.6 is 12.1 Å². The summed E-state index contributed by atoms with van der Waals surface area (Å²) in [5.41, 5.74) is 4.45. The van der Waals surface area contributed by atoms with Gasteiger partial charge in [-0.15, -0.1) is 0 Å². The molecule has 4 rings (SSSR count). The first-order valence-corrected chi connectivity index (χ1v) is 10.5. The predicted molar refractivity (Wildman–Crippen MR) is 115 cm³/mol. The third-order valence-electron chi connectivity index (χ3n) is 5.04. The molecule has 1 unspecified atom stereocenters. The van der Waals surface area contributed by atoms with E-state index >= 15 is 0 Å². The van der Waals surface area contributed by atoms with Gasteiger partial charge in [0.2, 0.25) is 0 Å². The van der Waals surface area contributed by atoms with Crippen LogP contribution in [-0.2, 0) is 11.3 Å². The Hall–Kier alpha value is -2.18. The predicted octanol–water partition coefficient (Wildman–Crippen LogP) is 5.15. The van der Waals surface area contributed by atoms with Crippen molar-refractivity contribution in [3.63, 3.8) is 0 Å². The number of fused-ring (bicyclic) bond motifs is 1. The van der Waals surface area contributed by atoms with Gasteiger partial charge in [0.05, 0.1) is 5.69 Å². The summed E-state index contributed by atoms with van der Waals surface area (Å²) >= 11 is 1.64. The quantitative estimate of drug-likeness (QED) is 0.710. The van der Waals surface area contributed by atoms with Gasteiger partial charge in [0.15, 0.2) is 0 Å². The number of nitrogens with zero attached hydrogens (tertiary/aromatic N) is 2. The highest BCUT2D eigenvalue weighted by Gasteiger charge is 2.34. The molecule has 1 fully saturated rings. The molecule has 1 saturated heterocycles. The molecule has 28 heavy (non-hydrogen) atoms. The molecule has 0 bridgehead atoms. The van der Waals surface area contributed by atoms with Crippen molar-refractivity contribution < 1.29 is 9.53 Å². The van der Waals surface area contributed by atoms with E-state index in [0.29, 0.717) is 12.6 Å². The lowest BCUT2D eigenvalue weighted by atomic mass is 10.0. The average Bonchev–Trinajstić information content (AvgIpc) is 3.17. The second kappa shape index (κ2) is 7.68. The number of likely N-dealkylation sites (tertiary alicyclic amines) is 1. The van der Waals surface area contributed by atoms with Crippen molar-refractivity contribution in [1.82, 2.24) is 9.21 Å². The molecule has 6 heteroatoms. The van der Waals surface area contributed by atoms with E-state index in [4.69, 9.17) is 4.74 Å². The minimum atomic E-state index is -0.452. The van der Waals surface area contributed by atoms with Crippen molar-refractivity contribution in [3.05, 3.63) is 54.1 Å². The maximum absolute atomic E-state index is 12.3. The van der Waals surface area contributed by atoms with Crippen molar-refractivity contribution in [3.8, 4) is 11.1 Å². The maximum Gasteiger partial charge on any atom is 0.410 e. The van der Waals surface area contributed by atoms with Gasteiger partial charge in [-0.1, -0.05) is 42.5 Å². The second-order valence-electron chi connectivity index (χ2n) is 8.38. The molecule has 2 heterocycles. The van der Waals surface area contributed by atoms with E-state index in [1.165, 1.54) is 22.4 Å². The number of hydrogen-bond acceptors (Lipinski definition) is 5. The number of amides is 1. The van der Waals surface area contributed by atoms with Gasteiger partial charge in [0.25, 0.3) is 0 Å². The molecule has 148 valence electrons. The lowest BCUT2D eigenvalue weighted by Crippen LogP contribution is -2.39. The molecule has 0 saturated carbocycles. The normalized spacial score (nSPS) is 19.8. The number of carbonyl (C=O) groups excluding carboxylic acids is 1. The largest absolute Gasteiger partial charge is 0.444 e. The summed E-state index contributed by atoms with van der Waals surface area (Å²) in [5.74, 6) is 0. The molecule has 2 aliphatic rings. The Balaban J connectivity index is 1.40. The van der Waals surface area contributed by atoms with E-state index in [1.807, 2.05) is 31.7 Å². The first-order valence-electron chi connectivity index (χ1n) is 9.75. The van der Waals surface area contributed by atoms with E-state index in [1.54, 1.807) is 12.1 Å². The summed E-state index contributed by atoms with van der Waals surface area (Å²) in [5, 5.41) is 0. The molecule has 1 N–H and O–H groups in total. The molecule has 0 spiro atoms. The summed E-state index contributed by atoms with van der Waals surface area (Å²) in [4.78, 5) is 14.1. The van der Waals surface area contributed by atoms with Crippen LogP contribution in [0.5, 0.6) is 0 Å². The van der Waals surface area contributed by atoms with Gasteiger partial charge < -0.3 is 14.4 Å². The summed E-state index contributed by atoms with van der Waals surface area (Å²) in [6.07, 6.45) is 0.753. The fourth-order valence-electron chi connectivity index (χ4n) is 3.60. The van der Waals surface area contributed by atoms with Crippen molar-refractivity contribution in [2.24, 2.45) is 0 Å². The van der Waals surface area contributed by atoms with Crippen molar-refractivity contribution in [2.75, 3.05) is 17.8 Å². The molecule has 0 aromatic heterocycles. The van der Waals surface area contributed by atoms with Gasteiger partial charge in [0, 0.05) is 37.8 Å². The zero-order valence-electron chi connectivity index (χ0n) is 16.6. The van der Waals surface area contributed by atoms with E-state index < -0.39 is 5.60 Å². The van der Waals surface area contributed by atoms with E-state index in [9.17, 15) is 4.79 Å². The lowest BCUT2D eigenvalue weighted by molar-refractivity contribution is 0.0287. The highest BCUT2D eigenvalue weighted by atomic mass is 32.2. The fourth-order valence-corrected chi connectivity index (χ4v) is 4.53. The van der Waals surface area contributed by atoms with E-state index in [0.717, 1.165) is 19.5 Å². The number of nitrogens with one attached hydrogen (secondary N) is 1. The zero-order valence-corrected chi connectivity index (χ0v) is 17.5. The van der Waals surface area contributed by atoms with Crippen LogP contribution in [0.25, 0.3) is 11.1 Å². The van der Waals surface area contributed by atoms with Crippen LogP contribution in [0.2, 0.25) is 0 Å². The Morgan fingerprint density at radius 2 is 1.93 bits per heavy atom. The van der Waals surface area contributed by atoms with Crippen LogP contribution in [0.4, 0.5) is 10.5 Å². The second-order valence-corrected chi connectivity index (χ2v) is 9.23. The molecule has 2 aliphatic heterocycles. The summed E-state index contributed by atoms with van der Waals surface area (Å²) in [6, 6.07) is 17.4. The number of benzene rings is 2. The number of rotatable bonds is 2. The Kier molecular flexibility index (Phi) is 5.25. The summed E-state index contributed by atoms with van der Waals surface area (Å²) < 4.78 is 11.3. The van der Waals surface area contributed by atoms with E-state index in [2.05, 4.69) is 51.5 Å². The standard InChI is InChI=1S/C22H27N3O2S/c1-22(2,3)27-21(26)24-12-11-19(15-24)25-14-18-10-9-17(13-20(18)23-28-25)16-7-5-4-6-8-16/h4-10,13,19,23H,11-12,14-15H2,1-3H3. The summed E-state index contributed by atoms with van der Waals surface area (Å²) in [7, 11) is 0. The van der Waals surface area contributed by atoms with Gasteiger partial charge in [-0.3, -0.25) is 0 Å². The van der Waals surface area contributed by atoms with Gasteiger partial charge >= 0.3 is 6.09 Å². The third kappa shape index (κ3) is 4.28. The molecular weight excluding hydrogens is 370 g/mol. The maximum atomic E-state index is 12.3. The minimum absolute atomic E-state index is 0.210. The molecular formula is C22H27N3O2S. The van der Waals surface area contributed by atoms with Crippen molar-refractivity contribution >= 4 is 23.9 Å². The SMILES string of the molecule is CC(C)(C)OC(=O)N1CCC(N2Cc3ccc(-c4ccccc4)cc3NS2)C1. The van der Waals surface area contributed by atoms with Crippen LogP contribution in [0, 0.1) is 0 Å². The van der Waals surface area contributed by atoms with E-state index in [-0.39, 0.29) is 6.09 Å². The first kappa shape index (κ1) is 19.2. The number of hydrogen-bond donors (Lipinski definition) is 1. The van der Waals surface area contributed by atoms with Crippen LogP contribution in [0.3, 0.4) is 0 Å². The minimum Gasteiger partial charge on any atom is -0.444 e. The Morgan fingerprint density at radius 1 is 1.14 bits per heavy atom. The fraction of sp³-hybridized carbons (Fsp3) is 0.409. The van der Waals surface area contributed by atoms with Crippen molar-refractivity contribution in [1.29, 1.82) is 0 Å². The highest BCUT2D eigenvalue weighted by molar-refractivity contribution is 7.98. The van der Waals surface area contributed by atoms with Gasteiger partial charge in [-0.05, 0) is 49.9 Å². The summed E-state index contributed by atoms with van der Waals surface area (Å²) in [6.45, 7) is 8.04. The molecule has 2 aromatic rings. The topological polar surface area (TPSA) is 44.8 Å². The monoisotopic (exact) mass is 397 g/mol. The van der Waals surface area contributed by atoms with Crippen LogP contribution in [-0.4, -0.2) is 40.0 Å². The molecule has 0 aliphatic carbocycles. The Labute approximate surface area is 171 Å². The zero-order chi connectivity index (χ0) is 19.7. The van der Waals surface area contributed by atoms with Gasteiger partial charge in [-0.25, -0.2) is 9.10 Å². The van der Waals surface area contributed by atoms with Crippen LogP contribution < -0.4 is 4.72 Å². The number of carbonyl (C=O) groups is 1. The molecule has 1 amide bonds. The third-order valence-corrected chi connectivity index (χ3v) is 6.01. The van der Waals surface area contributed by atoms with Gasteiger partial charge in [0.1, 0.15) is 5.60 Å². The highest BCUT2D eigenvalue weighted by Crippen LogP contribution is 2.36. The molecule has 1 atom stereocenters. The van der Waals surface area contributed by atoms with Crippen LogP contribution in [0.15, 0.2) is 48.5 Å². The number of anilines is 1. The smallest absolute Gasteiger partial charge is 0.410 e. The molecule has 2 aromatic carbocycles. The first-order chi connectivity index (χ1) is 13.4. The Bertz CT molecular complexity index is 851. The number of ether oxygens (including phenoxy) is 1. The molecule has 0 radical (unpaired) electrons. The Morgan fingerprint density at radius 3 is 2.68 bits per heavy atom. The van der Waals surface area contributed by atoms with Gasteiger partial charge in [-0.2, -0.15) is 0 Å². The average molecular weight is 398 g/mol.